The zero-order chi connectivity index (χ0) is 8.70. The molecule has 0 bridgehead atoms. The first-order chi connectivity index (χ1) is 4.81. The van der Waals surface area contributed by atoms with Gasteiger partial charge in [0.25, 0.3) is 0 Å². The van der Waals surface area contributed by atoms with E-state index in [1.807, 2.05) is 0 Å². The van der Waals surface area contributed by atoms with E-state index in [-0.39, 0.29) is 17.2 Å². The minimum absolute atomic E-state index is 0.151. The summed E-state index contributed by atoms with van der Waals surface area (Å²) in [6, 6.07) is 0. The Bertz CT molecular complexity index is 146. The third-order valence-corrected chi connectivity index (χ3v) is 1.92. The van der Waals surface area contributed by atoms with Crippen LogP contribution in [0.1, 0.15) is 34.6 Å². The predicted octanol–water partition coefficient (Wildman–Crippen LogP) is 1.76. The van der Waals surface area contributed by atoms with E-state index in [1.54, 1.807) is 0 Å². The van der Waals surface area contributed by atoms with Crippen molar-refractivity contribution < 1.29 is 4.74 Å². The van der Waals surface area contributed by atoms with E-state index < -0.39 is 0 Å². The largest absolute Gasteiger partial charge is 0.361 e. The summed E-state index contributed by atoms with van der Waals surface area (Å²) < 4.78 is 5.62. The third-order valence-electron chi connectivity index (χ3n) is 1.92. The van der Waals surface area contributed by atoms with E-state index in [0.717, 1.165) is 6.61 Å². The van der Waals surface area contributed by atoms with Gasteiger partial charge in [0.15, 0.2) is 0 Å². The first-order valence-corrected chi connectivity index (χ1v) is 4.21. The molecule has 11 heavy (non-hydrogen) atoms. The van der Waals surface area contributed by atoms with Gasteiger partial charge in [-0.3, -0.25) is 5.32 Å². The van der Waals surface area contributed by atoms with Gasteiger partial charge in [-0.05, 0) is 13.8 Å². The van der Waals surface area contributed by atoms with Gasteiger partial charge in [0.1, 0.15) is 6.23 Å². The summed E-state index contributed by atoms with van der Waals surface area (Å²) in [6.45, 7) is 11.7. The van der Waals surface area contributed by atoms with Crippen molar-refractivity contribution in [1.82, 2.24) is 5.32 Å². The fraction of sp³-hybridized carbons (Fsp3) is 1.00. The lowest BCUT2D eigenvalue weighted by Crippen LogP contribution is -2.44. The van der Waals surface area contributed by atoms with Crippen LogP contribution in [0.4, 0.5) is 0 Å². The Morgan fingerprint density at radius 1 is 1.36 bits per heavy atom. The van der Waals surface area contributed by atoms with Gasteiger partial charge in [0.2, 0.25) is 0 Å². The van der Waals surface area contributed by atoms with Gasteiger partial charge < -0.3 is 4.74 Å². The molecule has 0 aliphatic carbocycles. The van der Waals surface area contributed by atoms with Crippen LogP contribution in [-0.4, -0.2) is 18.4 Å². The van der Waals surface area contributed by atoms with E-state index in [1.165, 1.54) is 0 Å². The van der Waals surface area contributed by atoms with Crippen molar-refractivity contribution in [3.8, 4) is 0 Å². The predicted molar refractivity (Wildman–Crippen MR) is 46.4 cm³/mol. The van der Waals surface area contributed by atoms with Crippen LogP contribution >= 0.6 is 0 Å². The molecule has 1 rings (SSSR count). The average molecular weight is 157 g/mol. The molecule has 1 aliphatic heterocycles. The molecule has 1 N–H and O–H groups in total. The molecule has 1 unspecified atom stereocenters. The maximum absolute atomic E-state index is 5.62. The highest BCUT2D eigenvalue weighted by Gasteiger charge is 2.37. The third kappa shape index (κ3) is 2.17. The van der Waals surface area contributed by atoms with Crippen LogP contribution in [0.2, 0.25) is 0 Å². The highest BCUT2D eigenvalue weighted by molar-refractivity contribution is 4.89. The van der Waals surface area contributed by atoms with Crippen molar-refractivity contribution in [3.05, 3.63) is 0 Å². The first-order valence-electron chi connectivity index (χ1n) is 4.21. The van der Waals surface area contributed by atoms with E-state index >= 15 is 0 Å². The van der Waals surface area contributed by atoms with Gasteiger partial charge in [-0.1, -0.05) is 20.8 Å². The SMILES string of the molecule is CC1(C)COC(C(C)(C)C)N1. The topological polar surface area (TPSA) is 21.3 Å². The molecule has 0 amide bonds. The van der Waals surface area contributed by atoms with Crippen LogP contribution in [0.15, 0.2) is 0 Å². The maximum Gasteiger partial charge on any atom is 0.113 e. The van der Waals surface area contributed by atoms with Gasteiger partial charge >= 0.3 is 0 Å². The Labute approximate surface area is 69.3 Å². The van der Waals surface area contributed by atoms with Gasteiger partial charge in [-0.2, -0.15) is 0 Å². The molecule has 0 radical (unpaired) electrons. The summed E-state index contributed by atoms with van der Waals surface area (Å²) >= 11 is 0. The number of rotatable bonds is 0. The fourth-order valence-corrected chi connectivity index (χ4v) is 1.20. The van der Waals surface area contributed by atoms with E-state index in [2.05, 4.69) is 39.9 Å². The highest BCUT2D eigenvalue weighted by atomic mass is 16.5. The lowest BCUT2D eigenvalue weighted by molar-refractivity contribution is 0.0171. The lowest BCUT2D eigenvalue weighted by atomic mass is 9.94. The van der Waals surface area contributed by atoms with Crippen LogP contribution in [-0.2, 0) is 4.74 Å². The Morgan fingerprint density at radius 3 is 2.09 bits per heavy atom. The van der Waals surface area contributed by atoms with Gasteiger partial charge in [0.05, 0.1) is 6.61 Å². The summed E-state index contributed by atoms with van der Waals surface area (Å²) in [6.07, 6.45) is 0.206. The Kier molecular flexibility index (Phi) is 2.01. The molecule has 66 valence electrons. The minimum Gasteiger partial charge on any atom is -0.361 e. The molecule has 1 saturated heterocycles. The van der Waals surface area contributed by atoms with Crippen LogP contribution in [0.3, 0.4) is 0 Å². The van der Waals surface area contributed by atoms with Crippen LogP contribution in [0, 0.1) is 5.41 Å². The summed E-state index contributed by atoms with van der Waals surface area (Å²) in [5.74, 6) is 0. The van der Waals surface area contributed by atoms with Crippen LogP contribution < -0.4 is 5.32 Å². The van der Waals surface area contributed by atoms with Crippen LogP contribution in [0.5, 0.6) is 0 Å². The summed E-state index contributed by atoms with van der Waals surface area (Å²) in [4.78, 5) is 0. The van der Waals surface area contributed by atoms with Crippen molar-refractivity contribution in [3.63, 3.8) is 0 Å². The fourth-order valence-electron chi connectivity index (χ4n) is 1.20. The number of ether oxygens (including phenoxy) is 1. The summed E-state index contributed by atoms with van der Waals surface area (Å²) in [5.41, 5.74) is 0.353. The summed E-state index contributed by atoms with van der Waals surface area (Å²) in [7, 11) is 0. The van der Waals surface area contributed by atoms with E-state index in [4.69, 9.17) is 4.74 Å². The van der Waals surface area contributed by atoms with Gasteiger partial charge in [-0.25, -0.2) is 0 Å². The van der Waals surface area contributed by atoms with Crippen molar-refractivity contribution in [2.45, 2.75) is 46.4 Å². The second kappa shape index (κ2) is 2.46. The lowest BCUT2D eigenvalue weighted by Gasteiger charge is -2.27. The Morgan fingerprint density at radius 2 is 1.91 bits per heavy atom. The zero-order valence-electron chi connectivity index (χ0n) is 8.19. The Balaban J connectivity index is 2.55. The molecule has 1 atom stereocenters. The monoisotopic (exact) mass is 157 g/mol. The van der Waals surface area contributed by atoms with Crippen molar-refractivity contribution in [2.75, 3.05) is 6.61 Å². The first kappa shape index (κ1) is 9.01. The molecular weight excluding hydrogens is 138 g/mol. The molecule has 0 aromatic heterocycles. The molecule has 0 aromatic carbocycles. The number of hydrogen-bond donors (Lipinski definition) is 1. The van der Waals surface area contributed by atoms with Crippen LogP contribution in [0.25, 0.3) is 0 Å². The molecule has 1 heterocycles. The van der Waals surface area contributed by atoms with Gasteiger partial charge in [-0.15, -0.1) is 0 Å². The molecule has 1 aliphatic rings. The molecule has 1 fully saturated rings. The summed E-state index contributed by atoms with van der Waals surface area (Å²) in [5, 5.41) is 3.45. The zero-order valence-corrected chi connectivity index (χ0v) is 8.19. The molecule has 0 aromatic rings. The van der Waals surface area contributed by atoms with Crippen molar-refractivity contribution in [1.29, 1.82) is 0 Å². The smallest absolute Gasteiger partial charge is 0.113 e. The highest BCUT2D eigenvalue weighted by Crippen LogP contribution is 2.27. The Hall–Kier alpha value is -0.0800. The maximum atomic E-state index is 5.62. The second-order valence-electron chi connectivity index (χ2n) is 5.09. The molecule has 2 heteroatoms. The normalized spacial score (nSPS) is 30.8. The van der Waals surface area contributed by atoms with Crippen molar-refractivity contribution in [2.24, 2.45) is 5.41 Å². The number of nitrogens with one attached hydrogen (secondary N) is 1. The second-order valence-corrected chi connectivity index (χ2v) is 5.09. The standard InChI is InChI=1S/C9H19NO/c1-8(2,3)7-10-9(4,5)6-11-7/h7,10H,6H2,1-5H3. The van der Waals surface area contributed by atoms with Gasteiger partial charge in [0, 0.05) is 11.0 Å². The molecule has 2 nitrogen and oxygen atoms in total. The quantitative estimate of drug-likeness (QED) is 0.578. The van der Waals surface area contributed by atoms with Crippen molar-refractivity contribution >= 4 is 0 Å². The average Bonchev–Trinajstić information content (AvgIpc) is 2.07. The number of hydrogen-bond acceptors (Lipinski definition) is 2. The van der Waals surface area contributed by atoms with E-state index in [0.29, 0.717) is 0 Å². The molecule has 0 saturated carbocycles. The molecular formula is C9H19NO. The van der Waals surface area contributed by atoms with E-state index in [9.17, 15) is 0 Å². The minimum atomic E-state index is 0.151. The molecule has 0 spiro atoms.